The van der Waals surface area contributed by atoms with Gasteiger partial charge in [0.15, 0.2) is 11.5 Å². The van der Waals surface area contributed by atoms with Crippen molar-refractivity contribution < 1.29 is 19.7 Å². The van der Waals surface area contributed by atoms with E-state index >= 15 is 0 Å². The first-order valence-electron chi connectivity index (χ1n) is 5.89. The number of ether oxygens (including phenoxy) is 1. The molecule has 0 spiro atoms. The van der Waals surface area contributed by atoms with Crippen LogP contribution in [0.25, 0.3) is 0 Å². The Morgan fingerprint density at radius 3 is 2.56 bits per heavy atom. The molecule has 1 aliphatic rings. The Balaban J connectivity index is 2.55. The van der Waals surface area contributed by atoms with Crippen LogP contribution in [0.1, 0.15) is 35.2 Å². The summed E-state index contributed by atoms with van der Waals surface area (Å²) in [6.07, 6.45) is 2.97. The van der Waals surface area contributed by atoms with Crippen LogP contribution in [0.3, 0.4) is 0 Å². The zero-order valence-corrected chi connectivity index (χ0v) is 10.3. The van der Waals surface area contributed by atoms with Gasteiger partial charge in [0, 0.05) is 12.0 Å². The molecule has 98 valence electrons. The molecule has 5 heteroatoms. The molecule has 0 bridgehead atoms. The van der Waals surface area contributed by atoms with Gasteiger partial charge in [-0.05, 0) is 30.5 Å². The molecule has 0 aromatic heterocycles. The number of carbonyl (C=O) groups is 1. The van der Waals surface area contributed by atoms with E-state index in [0.29, 0.717) is 6.54 Å². The fourth-order valence-electron chi connectivity index (χ4n) is 2.45. The Kier molecular flexibility index (Phi) is 3.17. The molecule has 2 rings (SSSR count). The molecule has 0 unspecified atom stereocenters. The summed E-state index contributed by atoms with van der Waals surface area (Å²) in [5.41, 5.74) is 6.35. The molecule has 1 fully saturated rings. The van der Waals surface area contributed by atoms with Crippen LogP contribution in [0.4, 0.5) is 0 Å². The van der Waals surface area contributed by atoms with Crippen LogP contribution < -0.4 is 10.5 Å². The van der Waals surface area contributed by atoms with Gasteiger partial charge in [0.25, 0.3) is 0 Å². The normalized spacial score (nSPS) is 17.0. The largest absolute Gasteiger partial charge is 0.504 e. The molecule has 4 N–H and O–H groups in total. The lowest BCUT2D eigenvalue weighted by Crippen LogP contribution is -2.41. The molecular weight excluding hydrogens is 234 g/mol. The van der Waals surface area contributed by atoms with Crippen molar-refractivity contribution in [2.24, 2.45) is 5.73 Å². The fourth-order valence-corrected chi connectivity index (χ4v) is 2.45. The van der Waals surface area contributed by atoms with Crippen molar-refractivity contribution >= 4 is 5.97 Å². The van der Waals surface area contributed by atoms with Crippen LogP contribution in [-0.4, -0.2) is 29.8 Å². The number of hydrogen-bond donors (Lipinski definition) is 3. The zero-order chi connectivity index (χ0) is 13.3. The maximum absolute atomic E-state index is 11.1. The lowest BCUT2D eigenvalue weighted by Gasteiger charge is -2.41. The van der Waals surface area contributed by atoms with Crippen molar-refractivity contribution in [1.82, 2.24) is 0 Å². The lowest BCUT2D eigenvalue weighted by molar-refractivity contribution is 0.0692. The predicted octanol–water partition coefficient (Wildman–Crippen LogP) is 1.48. The summed E-state index contributed by atoms with van der Waals surface area (Å²) < 4.78 is 5.03. The molecule has 1 aromatic carbocycles. The van der Waals surface area contributed by atoms with Gasteiger partial charge in [0.05, 0.1) is 7.11 Å². The fraction of sp³-hybridized carbons (Fsp3) is 0.462. The molecule has 5 nitrogen and oxygen atoms in total. The maximum atomic E-state index is 11.1. The van der Waals surface area contributed by atoms with Gasteiger partial charge in [-0.25, -0.2) is 4.79 Å². The number of benzene rings is 1. The van der Waals surface area contributed by atoms with E-state index in [0.717, 1.165) is 24.8 Å². The highest BCUT2D eigenvalue weighted by Crippen LogP contribution is 2.46. The number of carboxylic acids is 1. The monoisotopic (exact) mass is 251 g/mol. The van der Waals surface area contributed by atoms with Crippen LogP contribution >= 0.6 is 0 Å². The summed E-state index contributed by atoms with van der Waals surface area (Å²) in [5.74, 6) is -1.32. The SMILES string of the molecule is COc1cc(C2(CN)CCC2)cc(C(=O)O)c1O. The highest BCUT2D eigenvalue weighted by atomic mass is 16.5. The van der Waals surface area contributed by atoms with E-state index < -0.39 is 5.97 Å². The number of aromatic hydroxyl groups is 1. The third-order valence-electron chi connectivity index (χ3n) is 3.84. The molecule has 0 aliphatic heterocycles. The van der Waals surface area contributed by atoms with Crippen LogP contribution in [0.2, 0.25) is 0 Å². The molecule has 1 aliphatic carbocycles. The van der Waals surface area contributed by atoms with Gasteiger partial charge < -0.3 is 20.7 Å². The summed E-state index contributed by atoms with van der Waals surface area (Å²) in [7, 11) is 1.40. The second-order valence-corrected chi connectivity index (χ2v) is 4.72. The molecule has 1 aromatic rings. The van der Waals surface area contributed by atoms with Crippen molar-refractivity contribution in [2.45, 2.75) is 24.7 Å². The Labute approximate surface area is 105 Å². The lowest BCUT2D eigenvalue weighted by atomic mass is 9.64. The first-order valence-corrected chi connectivity index (χ1v) is 5.89. The summed E-state index contributed by atoms with van der Waals surface area (Å²) in [5, 5.41) is 18.9. The quantitative estimate of drug-likeness (QED) is 0.753. The number of carboxylic acid groups (broad SMARTS) is 1. The van der Waals surface area contributed by atoms with Gasteiger partial charge in [-0.15, -0.1) is 0 Å². The number of rotatable bonds is 4. The summed E-state index contributed by atoms with van der Waals surface area (Å²) in [4.78, 5) is 11.1. The third-order valence-corrected chi connectivity index (χ3v) is 3.84. The van der Waals surface area contributed by atoms with E-state index in [1.54, 1.807) is 6.07 Å². The Morgan fingerprint density at radius 2 is 2.17 bits per heavy atom. The Hall–Kier alpha value is -1.75. The standard InChI is InChI=1S/C13H17NO4/c1-18-10-6-8(13(7-14)3-2-4-13)5-9(11(10)15)12(16)17/h5-6,15H,2-4,7,14H2,1H3,(H,16,17). The Bertz CT molecular complexity index is 475. The predicted molar refractivity (Wildman–Crippen MR) is 66.2 cm³/mol. The van der Waals surface area contributed by atoms with E-state index in [9.17, 15) is 9.90 Å². The second-order valence-electron chi connectivity index (χ2n) is 4.72. The van der Waals surface area contributed by atoms with Gasteiger partial charge in [0.1, 0.15) is 5.56 Å². The molecule has 18 heavy (non-hydrogen) atoms. The highest BCUT2D eigenvalue weighted by molar-refractivity contribution is 5.92. The molecule has 0 heterocycles. The van der Waals surface area contributed by atoms with Gasteiger partial charge in [0.2, 0.25) is 0 Å². The van der Waals surface area contributed by atoms with E-state index in [1.165, 1.54) is 13.2 Å². The minimum atomic E-state index is -1.17. The maximum Gasteiger partial charge on any atom is 0.339 e. The van der Waals surface area contributed by atoms with E-state index in [4.69, 9.17) is 15.6 Å². The van der Waals surface area contributed by atoms with Gasteiger partial charge in [-0.2, -0.15) is 0 Å². The van der Waals surface area contributed by atoms with E-state index in [2.05, 4.69) is 0 Å². The first kappa shape index (κ1) is 12.7. The van der Waals surface area contributed by atoms with Gasteiger partial charge in [-0.1, -0.05) is 6.42 Å². The number of methoxy groups -OCH3 is 1. The van der Waals surface area contributed by atoms with Gasteiger partial charge >= 0.3 is 5.97 Å². The number of aromatic carboxylic acids is 1. The minimum absolute atomic E-state index is 0.135. The van der Waals surface area contributed by atoms with Gasteiger partial charge in [-0.3, -0.25) is 0 Å². The van der Waals surface area contributed by atoms with Crippen molar-refractivity contribution in [3.05, 3.63) is 23.3 Å². The van der Waals surface area contributed by atoms with Crippen molar-refractivity contribution in [3.63, 3.8) is 0 Å². The van der Waals surface area contributed by atoms with Crippen LogP contribution in [0, 0.1) is 0 Å². The van der Waals surface area contributed by atoms with Crippen LogP contribution in [0.15, 0.2) is 12.1 Å². The molecule has 0 amide bonds. The smallest absolute Gasteiger partial charge is 0.339 e. The topological polar surface area (TPSA) is 92.8 Å². The first-order chi connectivity index (χ1) is 8.54. The highest BCUT2D eigenvalue weighted by Gasteiger charge is 2.38. The summed E-state index contributed by atoms with van der Waals surface area (Å²) in [6, 6.07) is 3.19. The molecule has 1 saturated carbocycles. The summed E-state index contributed by atoms with van der Waals surface area (Å²) in [6.45, 7) is 0.472. The molecular formula is C13H17NO4. The molecule has 0 radical (unpaired) electrons. The van der Waals surface area contributed by atoms with Crippen LogP contribution in [-0.2, 0) is 5.41 Å². The number of phenols is 1. The van der Waals surface area contributed by atoms with Crippen molar-refractivity contribution in [3.8, 4) is 11.5 Å². The zero-order valence-electron chi connectivity index (χ0n) is 10.3. The minimum Gasteiger partial charge on any atom is -0.504 e. The number of hydrogen-bond acceptors (Lipinski definition) is 4. The van der Waals surface area contributed by atoms with Crippen molar-refractivity contribution in [1.29, 1.82) is 0 Å². The molecule has 0 saturated heterocycles. The van der Waals surface area contributed by atoms with E-state index in [-0.39, 0.29) is 22.5 Å². The second kappa shape index (κ2) is 4.49. The molecule has 0 atom stereocenters. The average Bonchev–Trinajstić information content (AvgIpc) is 2.29. The third kappa shape index (κ3) is 1.80. The summed E-state index contributed by atoms with van der Waals surface area (Å²) >= 11 is 0. The van der Waals surface area contributed by atoms with Crippen molar-refractivity contribution in [2.75, 3.05) is 13.7 Å². The average molecular weight is 251 g/mol. The van der Waals surface area contributed by atoms with E-state index in [1.807, 2.05) is 0 Å². The number of nitrogens with two attached hydrogens (primary N) is 1. The Morgan fingerprint density at radius 1 is 1.50 bits per heavy atom. The van der Waals surface area contributed by atoms with Crippen LogP contribution in [0.5, 0.6) is 11.5 Å².